The zero-order valence-electron chi connectivity index (χ0n) is 9.56. The average Bonchev–Trinajstić information content (AvgIpc) is 2.69. The Morgan fingerprint density at radius 2 is 2.35 bits per heavy atom. The first-order valence-electron chi connectivity index (χ1n) is 5.16. The predicted octanol–water partition coefficient (Wildman–Crippen LogP) is 0.743. The van der Waals surface area contributed by atoms with E-state index in [4.69, 9.17) is 10.9 Å². The van der Waals surface area contributed by atoms with Crippen LogP contribution in [0.5, 0.6) is 0 Å². The largest absolute Gasteiger partial charge is 0.478 e. The lowest BCUT2D eigenvalue weighted by Crippen LogP contribution is -2.15. The third kappa shape index (κ3) is 1.60. The highest BCUT2D eigenvalue weighted by Crippen LogP contribution is 2.27. The number of carboxylic acids is 1. The maximum atomic E-state index is 11.2. The highest BCUT2D eigenvalue weighted by molar-refractivity contribution is 6.04. The minimum Gasteiger partial charge on any atom is -0.478 e. The minimum atomic E-state index is -1.06. The van der Waals surface area contributed by atoms with E-state index in [9.17, 15) is 4.79 Å². The van der Waals surface area contributed by atoms with E-state index in [2.05, 4.69) is 15.5 Å². The van der Waals surface area contributed by atoms with E-state index in [0.29, 0.717) is 29.0 Å². The lowest BCUT2D eigenvalue weighted by molar-refractivity contribution is 0.0697. The van der Waals surface area contributed by atoms with Crippen molar-refractivity contribution in [3.63, 3.8) is 0 Å². The Morgan fingerprint density at radius 3 is 2.88 bits per heavy atom. The average molecular weight is 235 g/mol. The van der Waals surface area contributed by atoms with Crippen molar-refractivity contribution in [2.24, 2.45) is 5.84 Å². The quantitative estimate of drug-likeness (QED) is 0.535. The first-order valence-corrected chi connectivity index (χ1v) is 5.16. The number of hydrogen-bond donors (Lipinski definition) is 3. The number of aryl methyl sites for hydroxylation is 2. The fourth-order valence-electron chi connectivity index (χ4n) is 1.85. The van der Waals surface area contributed by atoms with E-state index in [1.807, 2.05) is 6.92 Å². The summed E-state index contributed by atoms with van der Waals surface area (Å²) in [5, 5.41) is 13.9. The molecule has 2 aromatic heterocycles. The van der Waals surface area contributed by atoms with Crippen LogP contribution in [0.4, 0.5) is 5.69 Å². The van der Waals surface area contributed by atoms with Gasteiger partial charge in [-0.05, 0) is 13.8 Å². The summed E-state index contributed by atoms with van der Waals surface area (Å²) in [5.41, 5.74) is 3.89. The summed E-state index contributed by atoms with van der Waals surface area (Å²) >= 11 is 0. The zero-order valence-corrected chi connectivity index (χ0v) is 9.56. The molecular formula is C10H13N5O2. The number of fused-ring (bicyclic) bond motifs is 1. The van der Waals surface area contributed by atoms with Crippen molar-refractivity contribution >= 4 is 22.7 Å². The number of aromatic carboxylic acids is 1. The van der Waals surface area contributed by atoms with Crippen molar-refractivity contribution < 1.29 is 9.90 Å². The molecule has 7 nitrogen and oxygen atoms in total. The first-order chi connectivity index (χ1) is 8.10. The summed E-state index contributed by atoms with van der Waals surface area (Å²) in [6.07, 6.45) is 1.56. The molecule has 17 heavy (non-hydrogen) atoms. The van der Waals surface area contributed by atoms with Gasteiger partial charge in [0.2, 0.25) is 0 Å². The Bertz CT molecular complexity index is 590. The van der Waals surface area contributed by atoms with Crippen LogP contribution < -0.4 is 11.3 Å². The smallest absolute Gasteiger partial charge is 0.339 e. The van der Waals surface area contributed by atoms with Crippen LogP contribution in [0.1, 0.15) is 23.0 Å². The molecule has 0 atom stereocenters. The maximum absolute atomic E-state index is 11.2. The molecule has 0 aliphatic rings. The van der Waals surface area contributed by atoms with Crippen molar-refractivity contribution in [3.8, 4) is 0 Å². The Morgan fingerprint density at radius 1 is 1.65 bits per heavy atom. The number of rotatable bonds is 3. The third-order valence-corrected chi connectivity index (χ3v) is 2.62. The molecule has 7 heteroatoms. The van der Waals surface area contributed by atoms with Gasteiger partial charge in [-0.3, -0.25) is 5.84 Å². The molecule has 2 aromatic rings. The van der Waals surface area contributed by atoms with Gasteiger partial charge in [0.05, 0.1) is 23.0 Å². The van der Waals surface area contributed by atoms with E-state index in [1.54, 1.807) is 17.8 Å². The van der Waals surface area contributed by atoms with Gasteiger partial charge in [0.15, 0.2) is 5.65 Å². The number of nitrogens with zero attached hydrogens (tertiary/aromatic N) is 3. The molecular weight excluding hydrogens is 222 g/mol. The Kier molecular flexibility index (Phi) is 2.68. The zero-order chi connectivity index (χ0) is 12.6. The highest BCUT2D eigenvalue weighted by Gasteiger charge is 2.19. The molecule has 90 valence electrons. The number of aromatic nitrogens is 3. The van der Waals surface area contributed by atoms with Crippen LogP contribution in [0.2, 0.25) is 0 Å². The molecule has 0 aliphatic heterocycles. The van der Waals surface area contributed by atoms with Gasteiger partial charge in [0.1, 0.15) is 5.56 Å². The van der Waals surface area contributed by atoms with Crippen molar-refractivity contribution in [2.45, 2.75) is 20.4 Å². The van der Waals surface area contributed by atoms with E-state index in [1.165, 1.54) is 0 Å². The summed E-state index contributed by atoms with van der Waals surface area (Å²) in [7, 11) is 0. The van der Waals surface area contributed by atoms with Crippen molar-refractivity contribution in [1.29, 1.82) is 0 Å². The summed E-state index contributed by atoms with van der Waals surface area (Å²) < 4.78 is 1.69. The number of pyridine rings is 1. The van der Waals surface area contributed by atoms with E-state index < -0.39 is 5.97 Å². The molecule has 0 saturated heterocycles. The Labute approximate surface area is 97.2 Å². The van der Waals surface area contributed by atoms with Gasteiger partial charge in [0, 0.05) is 6.54 Å². The molecule has 0 aromatic carbocycles. The molecule has 0 amide bonds. The van der Waals surface area contributed by atoms with Crippen molar-refractivity contribution in [3.05, 3.63) is 17.5 Å². The van der Waals surface area contributed by atoms with Gasteiger partial charge < -0.3 is 10.5 Å². The van der Waals surface area contributed by atoms with Gasteiger partial charge in [-0.1, -0.05) is 0 Å². The molecule has 2 rings (SSSR count). The second-order valence-electron chi connectivity index (χ2n) is 3.59. The SMILES string of the molecule is CCn1ncc2c(NN)c(C(=O)O)c(C)nc21. The van der Waals surface area contributed by atoms with Gasteiger partial charge >= 0.3 is 5.97 Å². The number of carboxylic acid groups (broad SMARTS) is 1. The summed E-state index contributed by atoms with van der Waals surface area (Å²) in [5.74, 6) is 4.33. The summed E-state index contributed by atoms with van der Waals surface area (Å²) in [6, 6.07) is 0. The molecule has 0 aliphatic carbocycles. The molecule has 0 saturated carbocycles. The van der Waals surface area contributed by atoms with Crippen molar-refractivity contribution in [2.75, 3.05) is 5.43 Å². The lowest BCUT2D eigenvalue weighted by Gasteiger charge is -2.09. The van der Waals surface area contributed by atoms with Crippen LogP contribution in [-0.2, 0) is 6.54 Å². The third-order valence-electron chi connectivity index (χ3n) is 2.62. The van der Waals surface area contributed by atoms with Gasteiger partial charge in [-0.25, -0.2) is 14.5 Å². The van der Waals surface area contributed by atoms with E-state index in [0.717, 1.165) is 0 Å². The highest BCUT2D eigenvalue weighted by atomic mass is 16.4. The lowest BCUT2D eigenvalue weighted by atomic mass is 10.1. The fraction of sp³-hybridized carbons (Fsp3) is 0.300. The summed E-state index contributed by atoms with van der Waals surface area (Å²) in [6.45, 7) is 4.23. The Hall–Kier alpha value is -2.15. The van der Waals surface area contributed by atoms with Crippen LogP contribution in [0.25, 0.3) is 11.0 Å². The Balaban J connectivity index is 2.86. The van der Waals surface area contributed by atoms with Gasteiger partial charge in [-0.2, -0.15) is 5.10 Å². The van der Waals surface area contributed by atoms with Gasteiger partial charge in [0.25, 0.3) is 0 Å². The number of nitrogens with one attached hydrogen (secondary N) is 1. The monoisotopic (exact) mass is 235 g/mol. The second kappa shape index (κ2) is 4.02. The number of nitrogen functional groups attached to an aromatic ring is 1. The normalized spacial score (nSPS) is 10.8. The van der Waals surface area contributed by atoms with E-state index in [-0.39, 0.29) is 5.56 Å². The predicted molar refractivity (Wildman–Crippen MR) is 62.7 cm³/mol. The van der Waals surface area contributed by atoms with Crippen molar-refractivity contribution in [1.82, 2.24) is 14.8 Å². The minimum absolute atomic E-state index is 0.0793. The fourth-order valence-corrected chi connectivity index (χ4v) is 1.85. The maximum Gasteiger partial charge on any atom is 0.339 e. The van der Waals surface area contributed by atoms with Crippen LogP contribution >= 0.6 is 0 Å². The number of anilines is 1. The number of hydrogen-bond acceptors (Lipinski definition) is 5. The second-order valence-corrected chi connectivity index (χ2v) is 3.59. The van der Waals surface area contributed by atoms with Crippen LogP contribution in [0.3, 0.4) is 0 Å². The molecule has 0 spiro atoms. The molecule has 0 bridgehead atoms. The molecule has 0 unspecified atom stereocenters. The number of carbonyl (C=O) groups is 1. The first kappa shape index (κ1) is 11.3. The van der Waals surface area contributed by atoms with E-state index >= 15 is 0 Å². The number of nitrogens with two attached hydrogens (primary N) is 1. The molecule has 4 N–H and O–H groups in total. The molecule has 0 radical (unpaired) electrons. The molecule has 0 fully saturated rings. The topological polar surface area (TPSA) is 106 Å². The van der Waals surface area contributed by atoms with Crippen LogP contribution in [-0.4, -0.2) is 25.8 Å². The van der Waals surface area contributed by atoms with Gasteiger partial charge in [-0.15, -0.1) is 0 Å². The van der Waals surface area contributed by atoms with Crippen LogP contribution in [0, 0.1) is 6.92 Å². The van der Waals surface area contributed by atoms with Crippen LogP contribution in [0.15, 0.2) is 6.20 Å². The molecule has 2 heterocycles. The number of hydrazine groups is 1. The summed E-state index contributed by atoms with van der Waals surface area (Å²) in [4.78, 5) is 15.4. The standard InChI is InChI=1S/C10H13N5O2/c1-3-15-9-6(4-12-15)8(14-11)7(10(16)17)5(2)13-9/h4H,3,11H2,1-2H3,(H,13,14)(H,16,17).